The maximum absolute atomic E-state index is 12.6. The van der Waals surface area contributed by atoms with E-state index in [1.165, 1.54) is 0 Å². The van der Waals surface area contributed by atoms with E-state index in [1.807, 2.05) is 12.1 Å². The first-order valence-corrected chi connectivity index (χ1v) is 11.9. The van der Waals surface area contributed by atoms with E-state index in [2.05, 4.69) is 29.1 Å². The molecule has 0 aliphatic carbocycles. The highest BCUT2D eigenvalue weighted by Gasteiger charge is 2.19. The normalized spacial score (nSPS) is 17.9. The van der Waals surface area contributed by atoms with E-state index in [1.54, 1.807) is 18.6 Å². The van der Waals surface area contributed by atoms with Gasteiger partial charge in [0.1, 0.15) is 10.2 Å². The lowest BCUT2D eigenvalue weighted by molar-refractivity contribution is -0.144. The Morgan fingerprint density at radius 3 is 2.97 bits per heavy atom. The van der Waals surface area contributed by atoms with Crippen LogP contribution in [0.1, 0.15) is 51.5 Å². The molecule has 1 aromatic heterocycles. The van der Waals surface area contributed by atoms with Gasteiger partial charge in [0.25, 0.3) is 0 Å². The number of hydrogen-bond donors (Lipinski definition) is 1. The molecule has 6 nitrogen and oxygen atoms in total. The summed E-state index contributed by atoms with van der Waals surface area (Å²) in [5.74, 6) is 0.313. The molecule has 0 amide bonds. The van der Waals surface area contributed by atoms with Crippen LogP contribution in [-0.2, 0) is 26.8 Å². The van der Waals surface area contributed by atoms with Gasteiger partial charge in [-0.2, -0.15) is 0 Å². The van der Waals surface area contributed by atoms with Crippen LogP contribution < -0.4 is 5.32 Å². The second kappa shape index (κ2) is 12.8. The third kappa shape index (κ3) is 8.26. The van der Waals surface area contributed by atoms with E-state index in [0.717, 1.165) is 31.2 Å². The summed E-state index contributed by atoms with van der Waals surface area (Å²) in [5.41, 5.74) is 0.891. The van der Waals surface area contributed by atoms with Crippen LogP contribution in [0.4, 0.5) is 0 Å². The summed E-state index contributed by atoms with van der Waals surface area (Å²) in [7, 11) is -1.35. The van der Waals surface area contributed by atoms with Gasteiger partial charge in [0.2, 0.25) is 0 Å². The minimum absolute atomic E-state index is 0.124. The van der Waals surface area contributed by atoms with E-state index in [9.17, 15) is 9.00 Å². The van der Waals surface area contributed by atoms with E-state index < -0.39 is 10.8 Å². The smallest absolute Gasteiger partial charge is 0.306 e. The third-order valence-corrected chi connectivity index (χ3v) is 6.45. The Labute approximate surface area is 180 Å². The van der Waals surface area contributed by atoms with Gasteiger partial charge in [0.05, 0.1) is 36.1 Å². The summed E-state index contributed by atoms with van der Waals surface area (Å²) in [6, 6.07) is 3.60. The molecule has 1 N–H and O–H groups in total. The van der Waals surface area contributed by atoms with Crippen LogP contribution in [0.2, 0.25) is 5.15 Å². The zero-order valence-corrected chi connectivity index (χ0v) is 18.7. The Morgan fingerprint density at radius 2 is 2.24 bits per heavy atom. The van der Waals surface area contributed by atoms with Crippen molar-refractivity contribution in [3.63, 3.8) is 0 Å². The van der Waals surface area contributed by atoms with Gasteiger partial charge in [-0.25, -0.2) is 4.98 Å². The quantitative estimate of drug-likeness (QED) is 0.393. The number of unbranched alkanes of at least 4 members (excludes halogenated alkanes) is 1. The molecule has 29 heavy (non-hydrogen) atoms. The number of carbonyl (C=O) groups excluding carboxylic acids is 1. The molecule has 2 heterocycles. The highest BCUT2D eigenvalue weighted by molar-refractivity contribution is 7.88. The molecule has 1 aliphatic rings. The fourth-order valence-electron chi connectivity index (χ4n) is 2.98. The van der Waals surface area contributed by atoms with Gasteiger partial charge in [-0.15, -0.1) is 0 Å². The number of aliphatic imine (C=N–C) groups is 1. The Morgan fingerprint density at radius 1 is 1.41 bits per heavy atom. The Hall–Kier alpha value is -1.73. The Bertz CT molecular complexity index is 754. The lowest BCUT2D eigenvalue weighted by Crippen LogP contribution is -2.36. The predicted octanol–water partition coefficient (Wildman–Crippen LogP) is 4.02. The summed E-state index contributed by atoms with van der Waals surface area (Å²) in [4.78, 5) is 20.3. The van der Waals surface area contributed by atoms with E-state index in [-0.39, 0.29) is 24.2 Å². The van der Waals surface area contributed by atoms with Crippen molar-refractivity contribution in [3.05, 3.63) is 40.3 Å². The van der Waals surface area contributed by atoms with Gasteiger partial charge in [-0.1, -0.05) is 50.8 Å². The number of carbonyl (C=O) groups is 1. The minimum atomic E-state index is -1.35. The summed E-state index contributed by atoms with van der Waals surface area (Å²) < 4.78 is 17.9. The maximum atomic E-state index is 12.6. The second-order valence-electron chi connectivity index (χ2n) is 7.10. The topological polar surface area (TPSA) is 80.7 Å². The summed E-state index contributed by atoms with van der Waals surface area (Å²) in [5, 5.41) is 4.17. The Kier molecular flexibility index (Phi) is 10.4. The number of nitrogens with zero attached hydrogens (tertiary/aromatic N) is 2. The second-order valence-corrected chi connectivity index (χ2v) is 9.00. The number of nitrogens with one attached hydrogen (secondary N) is 1. The van der Waals surface area contributed by atoms with Crippen molar-refractivity contribution in [2.45, 2.75) is 58.4 Å². The first-order chi connectivity index (χ1) is 14.0. The van der Waals surface area contributed by atoms with Gasteiger partial charge in [-0.05, 0) is 24.0 Å². The van der Waals surface area contributed by atoms with E-state index in [0.29, 0.717) is 29.1 Å². The van der Waals surface area contributed by atoms with E-state index in [4.69, 9.17) is 16.3 Å². The molecule has 0 fully saturated rings. The van der Waals surface area contributed by atoms with Crippen LogP contribution in [0.25, 0.3) is 0 Å². The van der Waals surface area contributed by atoms with Crippen molar-refractivity contribution < 1.29 is 13.7 Å². The fourth-order valence-corrected chi connectivity index (χ4v) is 4.21. The number of rotatable bonds is 12. The summed E-state index contributed by atoms with van der Waals surface area (Å²) in [6.45, 7) is 4.71. The molecular formula is C21H30ClN3O3S. The third-order valence-electron chi connectivity index (χ3n) is 4.82. The van der Waals surface area contributed by atoms with Crippen LogP contribution in [-0.4, -0.2) is 39.8 Å². The van der Waals surface area contributed by atoms with Gasteiger partial charge in [0, 0.05) is 24.6 Å². The average molecular weight is 440 g/mol. The first kappa shape index (κ1) is 23.5. The van der Waals surface area contributed by atoms with Gasteiger partial charge >= 0.3 is 5.97 Å². The molecule has 0 bridgehead atoms. The molecule has 2 rings (SSSR count). The molecule has 3 atom stereocenters. The zero-order valence-electron chi connectivity index (χ0n) is 17.1. The van der Waals surface area contributed by atoms with Gasteiger partial charge < -0.3 is 10.1 Å². The highest BCUT2D eigenvalue weighted by Crippen LogP contribution is 2.16. The highest BCUT2D eigenvalue weighted by atomic mass is 35.5. The van der Waals surface area contributed by atoms with Crippen LogP contribution in [0.15, 0.2) is 34.6 Å². The maximum Gasteiger partial charge on any atom is 0.306 e. The summed E-state index contributed by atoms with van der Waals surface area (Å²) in [6.07, 6.45) is 10.00. The zero-order chi connectivity index (χ0) is 21.1. The minimum Gasteiger partial charge on any atom is -0.465 e. The number of aromatic nitrogens is 1. The molecule has 0 radical (unpaired) electrons. The van der Waals surface area contributed by atoms with Crippen molar-refractivity contribution in [1.29, 1.82) is 0 Å². The van der Waals surface area contributed by atoms with Crippen LogP contribution in [0, 0.1) is 5.92 Å². The molecule has 160 valence electrons. The van der Waals surface area contributed by atoms with Gasteiger partial charge in [-0.3, -0.25) is 14.0 Å². The number of ether oxygens (including phenoxy) is 1. The summed E-state index contributed by atoms with van der Waals surface area (Å²) >= 11 is 6.11. The van der Waals surface area contributed by atoms with Crippen molar-refractivity contribution in [2.24, 2.45) is 10.9 Å². The van der Waals surface area contributed by atoms with Crippen molar-refractivity contribution in [2.75, 3.05) is 12.4 Å². The van der Waals surface area contributed by atoms with Crippen molar-refractivity contribution in [3.8, 4) is 0 Å². The number of hydrogen-bond acceptors (Lipinski definition) is 6. The monoisotopic (exact) mass is 439 g/mol. The number of pyridine rings is 1. The Balaban J connectivity index is 1.76. The lowest BCUT2D eigenvalue weighted by Gasteiger charge is -2.20. The molecule has 1 aliphatic heterocycles. The fraction of sp³-hybridized carbons (Fsp3) is 0.571. The van der Waals surface area contributed by atoms with E-state index >= 15 is 0 Å². The molecule has 0 spiro atoms. The standard InChI is InChI=1S/C21H30ClN3O3S/c1-3-5-7-16(4-2)15-28-20(26)9-11-29(27)19-14-23-13-18(25-19)12-17-8-6-10-24-21(17)22/h6,8,10,13-14,16,18,25H,3-5,7,9,11-12,15H2,1-2H3. The molecule has 0 aromatic carbocycles. The van der Waals surface area contributed by atoms with Crippen LogP contribution in [0.5, 0.6) is 0 Å². The van der Waals surface area contributed by atoms with Crippen molar-refractivity contribution >= 4 is 34.6 Å². The van der Waals surface area contributed by atoms with Gasteiger partial charge in [0.15, 0.2) is 0 Å². The van der Waals surface area contributed by atoms with Crippen LogP contribution >= 0.6 is 11.6 Å². The number of esters is 1. The molecule has 1 aromatic rings. The van der Waals surface area contributed by atoms with Crippen molar-refractivity contribution in [1.82, 2.24) is 10.3 Å². The average Bonchev–Trinajstić information content (AvgIpc) is 2.74. The molecule has 8 heteroatoms. The number of halogens is 1. The lowest BCUT2D eigenvalue weighted by atomic mass is 10.0. The first-order valence-electron chi connectivity index (χ1n) is 10.2. The molecule has 0 saturated carbocycles. The SMILES string of the molecule is CCCCC(CC)COC(=O)CCS(=O)C1=CN=CC(Cc2cccnc2Cl)N1. The van der Waals surface area contributed by atoms with Crippen LogP contribution in [0.3, 0.4) is 0 Å². The largest absolute Gasteiger partial charge is 0.465 e. The predicted molar refractivity (Wildman–Crippen MR) is 118 cm³/mol. The molecule has 3 unspecified atom stereocenters. The molecular weight excluding hydrogens is 410 g/mol. The molecule has 0 saturated heterocycles.